The number of ether oxygens (including phenoxy) is 1. The van der Waals surface area contributed by atoms with E-state index in [1.807, 2.05) is 6.07 Å². The van der Waals surface area contributed by atoms with Crippen LogP contribution in [0.4, 0.5) is 5.69 Å². The number of hydrogen-bond acceptors (Lipinski definition) is 2. The molecule has 0 aliphatic heterocycles. The molecule has 1 atom stereocenters. The highest BCUT2D eigenvalue weighted by Gasteiger charge is 2.22. The number of rotatable bonds is 3. The maximum atomic E-state index is 5.31. The molecule has 0 saturated heterocycles. The average molecular weight is 332 g/mol. The highest BCUT2D eigenvalue weighted by atomic mass is 79.9. The molecule has 0 bridgehead atoms. The van der Waals surface area contributed by atoms with E-state index in [1.165, 1.54) is 11.1 Å². The summed E-state index contributed by atoms with van der Waals surface area (Å²) in [6.07, 6.45) is 2.29. The maximum Gasteiger partial charge on any atom is 0.121 e. The molecular formula is C17H18BrNO. The molecule has 1 aliphatic rings. The third-order valence-corrected chi connectivity index (χ3v) is 4.41. The maximum absolute atomic E-state index is 5.31. The minimum absolute atomic E-state index is 0.408. The van der Waals surface area contributed by atoms with Crippen molar-refractivity contribution in [3.63, 3.8) is 0 Å². The molecule has 0 saturated carbocycles. The van der Waals surface area contributed by atoms with Crippen LogP contribution in [0.3, 0.4) is 0 Å². The third kappa shape index (κ3) is 2.55. The van der Waals surface area contributed by atoms with E-state index in [1.54, 1.807) is 7.11 Å². The van der Waals surface area contributed by atoms with Crippen molar-refractivity contribution < 1.29 is 4.74 Å². The van der Waals surface area contributed by atoms with Gasteiger partial charge in [-0.15, -0.1) is 0 Å². The van der Waals surface area contributed by atoms with E-state index in [0.29, 0.717) is 6.04 Å². The standard InChI is InChI=1S/C17H18BrNO/c1-11-9-14(5-8-17(11)20-2)19-16-7-3-12-10-13(18)4-6-15(12)16/h4-6,8-10,16,19H,3,7H2,1-2H3. The van der Waals surface area contributed by atoms with Gasteiger partial charge >= 0.3 is 0 Å². The molecule has 0 aromatic heterocycles. The summed E-state index contributed by atoms with van der Waals surface area (Å²) in [5, 5.41) is 3.64. The van der Waals surface area contributed by atoms with Crippen LogP contribution in [0, 0.1) is 6.92 Å². The second-order valence-electron chi connectivity index (χ2n) is 5.26. The molecule has 104 valence electrons. The van der Waals surface area contributed by atoms with Gasteiger partial charge in [-0.2, -0.15) is 0 Å². The molecule has 0 amide bonds. The van der Waals surface area contributed by atoms with Crippen molar-refractivity contribution in [2.24, 2.45) is 0 Å². The highest BCUT2D eigenvalue weighted by molar-refractivity contribution is 9.10. The molecule has 3 heteroatoms. The van der Waals surface area contributed by atoms with E-state index < -0.39 is 0 Å². The lowest BCUT2D eigenvalue weighted by Crippen LogP contribution is -2.07. The Morgan fingerprint density at radius 3 is 2.80 bits per heavy atom. The second-order valence-corrected chi connectivity index (χ2v) is 6.18. The lowest BCUT2D eigenvalue weighted by atomic mass is 10.1. The van der Waals surface area contributed by atoms with Crippen molar-refractivity contribution >= 4 is 21.6 Å². The fourth-order valence-corrected chi connectivity index (χ4v) is 3.31. The predicted molar refractivity (Wildman–Crippen MR) is 86.6 cm³/mol. The van der Waals surface area contributed by atoms with Crippen molar-refractivity contribution in [3.05, 3.63) is 57.6 Å². The summed E-state index contributed by atoms with van der Waals surface area (Å²) in [5.74, 6) is 0.936. The Morgan fingerprint density at radius 2 is 2.05 bits per heavy atom. The molecule has 0 heterocycles. The molecule has 1 aliphatic carbocycles. The number of methoxy groups -OCH3 is 1. The molecule has 2 aromatic carbocycles. The van der Waals surface area contributed by atoms with Gasteiger partial charge in [0, 0.05) is 10.2 Å². The first-order chi connectivity index (χ1) is 9.67. The predicted octanol–water partition coefficient (Wildman–Crippen LogP) is 4.87. The SMILES string of the molecule is COc1ccc(NC2CCc3cc(Br)ccc32)cc1C. The summed E-state index contributed by atoms with van der Waals surface area (Å²) in [7, 11) is 1.71. The number of anilines is 1. The number of halogens is 1. The van der Waals surface area contributed by atoms with E-state index in [0.717, 1.165) is 34.3 Å². The van der Waals surface area contributed by atoms with Gasteiger partial charge in [-0.1, -0.05) is 22.0 Å². The van der Waals surface area contributed by atoms with Gasteiger partial charge in [0.1, 0.15) is 5.75 Å². The van der Waals surface area contributed by atoms with Crippen LogP contribution in [0.5, 0.6) is 5.75 Å². The van der Waals surface area contributed by atoms with E-state index in [4.69, 9.17) is 4.74 Å². The lowest BCUT2D eigenvalue weighted by molar-refractivity contribution is 0.412. The lowest BCUT2D eigenvalue weighted by Gasteiger charge is -2.17. The molecule has 2 nitrogen and oxygen atoms in total. The Bertz CT molecular complexity index is 639. The zero-order valence-electron chi connectivity index (χ0n) is 11.7. The van der Waals surface area contributed by atoms with Gasteiger partial charge in [-0.3, -0.25) is 0 Å². The number of benzene rings is 2. The van der Waals surface area contributed by atoms with Crippen LogP contribution in [0.2, 0.25) is 0 Å². The molecule has 20 heavy (non-hydrogen) atoms. The van der Waals surface area contributed by atoms with Crippen LogP contribution < -0.4 is 10.1 Å². The Morgan fingerprint density at radius 1 is 1.20 bits per heavy atom. The van der Waals surface area contributed by atoms with E-state index in [2.05, 4.69) is 58.5 Å². The summed E-state index contributed by atoms with van der Waals surface area (Å²) >= 11 is 3.54. The van der Waals surface area contributed by atoms with Crippen LogP contribution in [0.1, 0.15) is 29.2 Å². The Kier molecular flexibility index (Phi) is 3.70. The zero-order valence-corrected chi connectivity index (χ0v) is 13.3. The van der Waals surface area contributed by atoms with Crippen LogP contribution in [0.15, 0.2) is 40.9 Å². The first-order valence-corrected chi connectivity index (χ1v) is 7.66. The summed E-state index contributed by atoms with van der Waals surface area (Å²) < 4.78 is 6.47. The normalized spacial score (nSPS) is 16.9. The topological polar surface area (TPSA) is 21.3 Å². The van der Waals surface area contributed by atoms with E-state index >= 15 is 0 Å². The van der Waals surface area contributed by atoms with Gasteiger partial charge in [-0.05, 0) is 66.8 Å². The fourth-order valence-electron chi connectivity index (χ4n) is 2.91. The summed E-state index contributed by atoms with van der Waals surface area (Å²) in [4.78, 5) is 0. The summed E-state index contributed by atoms with van der Waals surface area (Å²) in [6, 6.07) is 13.2. The summed E-state index contributed by atoms with van der Waals surface area (Å²) in [5.41, 5.74) is 5.18. The van der Waals surface area contributed by atoms with Crippen molar-refractivity contribution in [1.82, 2.24) is 0 Å². The fraction of sp³-hybridized carbons (Fsp3) is 0.294. The van der Waals surface area contributed by atoms with E-state index in [-0.39, 0.29) is 0 Å². The minimum atomic E-state index is 0.408. The minimum Gasteiger partial charge on any atom is -0.496 e. The second kappa shape index (κ2) is 5.49. The Hall–Kier alpha value is -1.48. The van der Waals surface area contributed by atoms with Crippen molar-refractivity contribution in [2.75, 3.05) is 12.4 Å². The van der Waals surface area contributed by atoms with Crippen molar-refractivity contribution in [1.29, 1.82) is 0 Å². The first kappa shape index (κ1) is 13.5. The Labute approximate surface area is 128 Å². The highest BCUT2D eigenvalue weighted by Crippen LogP contribution is 2.36. The largest absolute Gasteiger partial charge is 0.496 e. The van der Waals surface area contributed by atoms with Gasteiger partial charge < -0.3 is 10.1 Å². The number of aryl methyl sites for hydroxylation is 2. The van der Waals surface area contributed by atoms with Gasteiger partial charge in [0.05, 0.1) is 13.2 Å². The molecule has 1 unspecified atom stereocenters. The number of fused-ring (bicyclic) bond motifs is 1. The van der Waals surface area contributed by atoms with Crippen molar-refractivity contribution in [3.8, 4) is 5.75 Å². The van der Waals surface area contributed by atoms with Crippen LogP contribution >= 0.6 is 15.9 Å². The van der Waals surface area contributed by atoms with Crippen LogP contribution in [-0.4, -0.2) is 7.11 Å². The molecular weight excluding hydrogens is 314 g/mol. The van der Waals surface area contributed by atoms with Crippen LogP contribution in [0.25, 0.3) is 0 Å². The third-order valence-electron chi connectivity index (χ3n) is 3.92. The number of nitrogens with one attached hydrogen (secondary N) is 1. The summed E-state index contributed by atoms with van der Waals surface area (Å²) in [6.45, 7) is 2.07. The number of hydrogen-bond donors (Lipinski definition) is 1. The van der Waals surface area contributed by atoms with Gasteiger partial charge in [-0.25, -0.2) is 0 Å². The zero-order chi connectivity index (χ0) is 14.1. The molecule has 3 rings (SSSR count). The first-order valence-electron chi connectivity index (χ1n) is 6.87. The molecule has 0 radical (unpaired) electrons. The van der Waals surface area contributed by atoms with Crippen LogP contribution in [-0.2, 0) is 6.42 Å². The Balaban J connectivity index is 1.82. The molecule has 2 aromatic rings. The quantitative estimate of drug-likeness (QED) is 0.866. The molecule has 0 spiro atoms. The van der Waals surface area contributed by atoms with Gasteiger partial charge in [0.2, 0.25) is 0 Å². The van der Waals surface area contributed by atoms with Crippen molar-refractivity contribution in [2.45, 2.75) is 25.8 Å². The van der Waals surface area contributed by atoms with E-state index in [9.17, 15) is 0 Å². The monoisotopic (exact) mass is 331 g/mol. The molecule has 0 fully saturated rings. The van der Waals surface area contributed by atoms with Gasteiger partial charge in [0.25, 0.3) is 0 Å². The smallest absolute Gasteiger partial charge is 0.121 e. The molecule has 1 N–H and O–H groups in total. The average Bonchev–Trinajstić information content (AvgIpc) is 2.81. The van der Waals surface area contributed by atoms with Gasteiger partial charge in [0.15, 0.2) is 0 Å².